The molecule has 2 heterocycles. The van der Waals surface area contributed by atoms with E-state index in [9.17, 15) is 0 Å². The first-order chi connectivity index (χ1) is 8.16. The highest BCUT2D eigenvalue weighted by Gasteiger charge is 2.04. The molecule has 0 aliphatic rings. The van der Waals surface area contributed by atoms with Gasteiger partial charge in [0, 0.05) is 29.6 Å². The number of nitrogens with zero attached hydrogens (tertiary/aromatic N) is 3. The smallest absolute Gasteiger partial charge is 0.129 e. The number of H-pyrrole nitrogens is 1. The van der Waals surface area contributed by atoms with Gasteiger partial charge in [0.15, 0.2) is 0 Å². The highest BCUT2D eigenvalue weighted by molar-refractivity contribution is 5.37. The maximum absolute atomic E-state index is 4.23. The van der Waals surface area contributed by atoms with Crippen molar-refractivity contribution in [3.63, 3.8) is 0 Å². The van der Waals surface area contributed by atoms with Crippen molar-refractivity contribution in [1.82, 2.24) is 20.2 Å². The molecule has 0 spiro atoms. The van der Waals surface area contributed by atoms with Crippen molar-refractivity contribution in [3.05, 3.63) is 35.5 Å². The van der Waals surface area contributed by atoms with Crippen LogP contribution < -0.4 is 5.32 Å². The number of hydrogen-bond acceptors (Lipinski definition) is 4. The molecule has 0 saturated heterocycles. The van der Waals surface area contributed by atoms with Crippen molar-refractivity contribution in [2.24, 2.45) is 0 Å². The Labute approximate surface area is 101 Å². The molecule has 0 unspecified atom stereocenters. The summed E-state index contributed by atoms with van der Waals surface area (Å²) in [4.78, 5) is 8.43. The van der Waals surface area contributed by atoms with Crippen LogP contribution in [-0.2, 0) is 6.54 Å². The van der Waals surface area contributed by atoms with Crippen LogP contribution in [0.2, 0.25) is 0 Å². The zero-order valence-electron chi connectivity index (χ0n) is 10.4. The fourth-order valence-electron chi connectivity index (χ4n) is 1.52. The third kappa shape index (κ3) is 2.81. The lowest BCUT2D eigenvalue weighted by Gasteiger charge is -2.08. The van der Waals surface area contributed by atoms with Crippen LogP contribution in [0.25, 0.3) is 0 Å². The summed E-state index contributed by atoms with van der Waals surface area (Å²) in [6, 6.07) is 1.99. The zero-order chi connectivity index (χ0) is 12.3. The summed E-state index contributed by atoms with van der Waals surface area (Å²) < 4.78 is 0. The Bertz CT molecular complexity index is 489. The molecule has 0 saturated carbocycles. The molecule has 5 nitrogen and oxygen atoms in total. The van der Waals surface area contributed by atoms with E-state index in [1.165, 1.54) is 0 Å². The van der Waals surface area contributed by atoms with Crippen molar-refractivity contribution in [2.75, 3.05) is 5.32 Å². The fourth-order valence-corrected chi connectivity index (χ4v) is 1.52. The number of anilines is 1. The summed E-state index contributed by atoms with van der Waals surface area (Å²) in [6.45, 7) is 6.96. The van der Waals surface area contributed by atoms with Crippen molar-refractivity contribution < 1.29 is 0 Å². The second-order valence-corrected chi connectivity index (χ2v) is 4.36. The van der Waals surface area contributed by atoms with Crippen LogP contribution in [-0.4, -0.2) is 20.2 Å². The number of nitrogens with one attached hydrogen (secondary N) is 2. The maximum atomic E-state index is 4.23. The Kier molecular flexibility index (Phi) is 3.37. The monoisotopic (exact) mass is 231 g/mol. The molecule has 0 bridgehead atoms. The van der Waals surface area contributed by atoms with Crippen molar-refractivity contribution in [1.29, 1.82) is 0 Å². The summed E-state index contributed by atoms with van der Waals surface area (Å²) in [6.07, 6.45) is 3.42. The Morgan fingerprint density at radius 3 is 2.82 bits per heavy atom. The molecule has 17 heavy (non-hydrogen) atoms. The fraction of sp³-hybridized carbons (Fsp3) is 0.417. The van der Waals surface area contributed by atoms with Gasteiger partial charge >= 0.3 is 0 Å². The Morgan fingerprint density at radius 2 is 2.18 bits per heavy atom. The molecular weight excluding hydrogens is 214 g/mol. The SMILES string of the molecule is Cc1[nH]ncc1CNc1cc(C(C)C)ncn1. The van der Waals surface area contributed by atoms with Gasteiger partial charge in [-0.2, -0.15) is 5.10 Å². The van der Waals surface area contributed by atoms with E-state index in [0.717, 1.165) is 29.3 Å². The number of aryl methyl sites for hydroxylation is 1. The van der Waals surface area contributed by atoms with Gasteiger partial charge in [-0.1, -0.05) is 13.8 Å². The number of rotatable bonds is 4. The third-order valence-corrected chi connectivity index (χ3v) is 2.67. The lowest BCUT2D eigenvalue weighted by Crippen LogP contribution is -2.03. The normalized spacial score (nSPS) is 10.8. The molecule has 2 rings (SSSR count). The molecule has 0 fully saturated rings. The Balaban J connectivity index is 2.04. The molecule has 90 valence electrons. The first kappa shape index (κ1) is 11.6. The Morgan fingerprint density at radius 1 is 1.35 bits per heavy atom. The highest BCUT2D eigenvalue weighted by Crippen LogP contribution is 2.14. The first-order valence-electron chi connectivity index (χ1n) is 5.71. The molecule has 5 heteroatoms. The van der Waals surface area contributed by atoms with E-state index in [0.29, 0.717) is 5.92 Å². The molecule has 0 aliphatic carbocycles. The summed E-state index contributed by atoms with van der Waals surface area (Å²) in [7, 11) is 0. The third-order valence-electron chi connectivity index (χ3n) is 2.67. The van der Waals surface area contributed by atoms with Gasteiger partial charge in [-0.05, 0) is 12.8 Å². The van der Waals surface area contributed by atoms with Gasteiger partial charge in [-0.3, -0.25) is 5.10 Å². The van der Waals surface area contributed by atoms with E-state index in [2.05, 4.69) is 39.3 Å². The summed E-state index contributed by atoms with van der Waals surface area (Å²) in [5.41, 5.74) is 3.27. The molecule has 0 radical (unpaired) electrons. The van der Waals surface area contributed by atoms with E-state index in [4.69, 9.17) is 0 Å². The van der Waals surface area contributed by atoms with Crippen LogP contribution in [0.4, 0.5) is 5.82 Å². The molecule has 2 N–H and O–H groups in total. The van der Waals surface area contributed by atoms with Gasteiger partial charge in [-0.15, -0.1) is 0 Å². The van der Waals surface area contributed by atoms with Crippen LogP contribution >= 0.6 is 0 Å². The summed E-state index contributed by atoms with van der Waals surface area (Å²) >= 11 is 0. The van der Waals surface area contributed by atoms with Crippen LogP contribution in [0.5, 0.6) is 0 Å². The second-order valence-electron chi connectivity index (χ2n) is 4.36. The van der Waals surface area contributed by atoms with E-state index in [1.54, 1.807) is 6.33 Å². The predicted octanol–water partition coefficient (Wildman–Crippen LogP) is 2.24. The average Bonchev–Trinajstić information content (AvgIpc) is 2.72. The topological polar surface area (TPSA) is 66.5 Å². The molecular formula is C12H17N5. The van der Waals surface area contributed by atoms with Crippen molar-refractivity contribution in [3.8, 4) is 0 Å². The minimum absolute atomic E-state index is 0.411. The van der Waals surface area contributed by atoms with Gasteiger partial charge in [0.2, 0.25) is 0 Å². The predicted molar refractivity (Wildman–Crippen MR) is 66.8 cm³/mol. The van der Waals surface area contributed by atoms with Gasteiger partial charge < -0.3 is 5.32 Å². The maximum Gasteiger partial charge on any atom is 0.129 e. The summed E-state index contributed by atoms with van der Waals surface area (Å²) in [5, 5.41) is 10.2. The first-order valence-corrected chi connectivity index (χ1v) is 5.71. The van der Waals surface area contributed by atoms with E-state index >= 15 is 0 Å². The number of aromatic amines is 1. The minimum atomic E-state index is 0.411. The lowest BCUT2D eigenvalue weighted by atomic mass is 10.1. The van der Waals surface area contributed by atoms with Gasteiger partial charge in [0.05, 0.1) is 6.20 Å². The average molecular weight is 231 g/mol. The van der Waals surface area contributed by atoms with Crippen LogP contribution in [0.3, 0.4) is 0 Å². The summed E-state index contributed by atoms with van der Waals surface area (Å²) in [5.74, 6) is 1.26. The van der Waals surface area contributed by atoms with Gasteiger partial charge in [0.25, 0.3) is 0 Å². The lowest BCUT2D eigenvalue weighted by molar-refractivity contribution is 0.813. The molecule has 0 atom stereocenters. The van der Waals surface area contributed by atoms with Crippen molar-refractivity contribution in [2.45, 2.75) is 33.2 Å². The number of aromatic nitrogens is 4. The van der Waals surface area contributed by atoms with E-state index in [-0.39, 0.29) is 0 Å². The largest absolute Gasteiger partial charge is 0.366 e. The van der Waals surface area contributed by atoms with E-state index in [1.807, 2.05) is 19.2 Å². The standard InChI is InChI=1S/C12H17N5/c1-8(2)11-4-12(15-7-14-11)13-5-10-6-16-17-9(10)3/h4,6-8H,5H2,1-3H3,(H,16,17)(H,13,14,15). The minimum Gasteiger partial charge on any atom is -0.366 e. The number of hydrogen-bond donors (Lipinski definition) is 2. The van der Waals surface area contributed by atoms with Gasteiger partial charge in [-0.25, -0.2) is 9.97 Å². The van der Waals surface area contributed by atoms with Crippen molar-refractivity contribution >= 4 is 5.82 Å². The molecule has 0 amide bonds. The zero-order valence-corrected chi connectivity index (χ0v) is 10.4. The molecule has 0 aromatic carbocycles. The van der Waals surface area contributed by atoms with Gasteiger partial charge in [0.1, 0.15) is 12.1 Å². The van der Waals surface area contributed by atoms with E-state index < -0.39 is 0 Å². The van der Waals surface area contributed by atoms with Crippen LogP contribution in [0.1, 0.15) is 36.7 Å². The molecule has 0 aliphatic heterocycles. The second kappa shape index (κ2) is 4.95. The molecule has 2 aromatic heterocycles. The van der Waals surface area contributed by atoms with Crippen LogP contribution in [0.15, 0.2) is 18.6 Å². The quantitative estimate of drug-likeness (QED) is 0.847. The highest BCUT2D eigenvalue weighted by atomic mass is 15.1. The Hall–Kier alpha value is -1.91. The molecule has 2 aromatic rings. The van der Waals surface area contributed by atoms with Crippen LogP contribution in [0, 0.1) is 6.92 Å².